The number of esters is 1. The molecule has 0 unspecified atom stereocenters. The Morgan fingerprint density at radius 3 is 2.41 bits per heavy atom. The number of carbonyl (C=O) groups is 1. The van der Waals surface area contributed by atoms with Gasteiger partial charge in [0.2, 0.25) is 0 Å². The molecule has 0 spiro atoms. The van der Waals surface area contributed by atoms with Gasteiger partial charge in [-0.1, -0.05) is 11.5 Å². The van der Waals surface area contributed by atoms with Gasteiger partial charge in [-0.2, -0.15) is 0 Å². The molecule has 2 rings (SSSR count). The molecule has 1 saturated heterocycles. The Kier molecular flexibility index (Phi) is 7.77. The standard InChI is InChI=1S/C22H35BNO5/c1-8-24(17-9-11-28-12-10-17)19-14-16(13-18(15(19)2)20(25)27-7)23-29-22(5,6)21(3,4)26/h13-14,17,26H,8-12H2,1-7H3. The van der Waals surface area contributed by atoms with Crippen LogP contribution >= 0.6 is 0 Å². The van der Waals surface area contributed by atoms with Gasteiger partial charge in [0.1, 0.15) is 0 Å². The third kappa shape index (κ3) is 5.53. The number of benzene rings is 1. The molecule has 161 valence electrons. The van der Waals surface area contributed by atoms with Crippen LogP contribution in [0.2, 0.25) is 0 Å². The van der Waals surface area contributed by atoms with Gasteiger partial charge in [-0.15, -0.1) is 0 Å². The number of anilines is 1. The maximum Gasteiger partial charge on any atom is 0.338 e. The Labute approximate surface area is 175 Å². The van der Waals surface area contributed by atoms with Crippen LogP contribution in [0, 0.1) is 6.92 Å². The number of nitrogens with zero attached hydrogens (tertiary/aromatic N) is 1. The third-order valence-electron chi connectivity index (χ3n) is 6.05. The molecule has 7 heteroatoms. The summed E-state index contributed by atoms with van der Waals surface area (Å²) in [7, 11) is 3.01. The summed E-state index contributed by atoms with van der Waals surface area (Å²) in [5.74, 6) is -0.372. The normalized spacial score (nSPS) is 15.9. The molecule has 0 atom stereocenters. The lowest BCUT2D eigenvalue weighted by molar-refractivity contribution is -0.0893. The fourth-order valence-corrected chi connectivity index (χ4v) is 3.39. The minimum atomic E-state index is -1.03. The highest BCUT2D eigenvalue weighted by Crippen LogP contribution is 2.29. The summed E-state index contributed by atoms with van der Waals surface area (Å²) in [4.78, 5) is 14.8. The predicted molar refractivity (Wildman–Crippen MR) is 116 cm³/mol. The summed E-state index contributed by atoms with van der Waals surface area (Å²) >= 11 is 0. The largest absolute Gasteiger partial charge is 0.465 e. The molecule has 0 bridgehead atoms. The molecule has 1 aliphatic heterocycles. The van der Waals surface area contributed by atoms with Crippen LogP contribution in [0.4, 0.5) is 5.69 Å². The average Bonchev–Trinajstić information content (AvgIpc) is 2.68. The fourth-order valence-electron chi connectivity index (χ4n) is 3.39. The van der Waals surface area contributed by atoms with Crippen molar-refractivity contribution in [1.29, 1.82) is 0 Å². The highest BCUT2D eigenvalue weighted by atomic mass is 16.5. The molecule has 1 aliphatic rings. The predicted octanol–water partition coefficient (Wildman–Crippen LogP) is 2.60. The molecule has 1 heterocycles. The lowest BCUT2D eigenvalue weighted by atomic mass is 9.81. The lowest BCUT2D eigenvalue weighted by Crippen LogP contribution is -2.49. The Hall–Kier alpha value is -1.57. The second-order valence-corrected chi connectivity index (χ2v) is 8.64. The highest BCUT2D eigenvalue weighted by Gasteiger charge is 2.36. The molecule has 6 nitrogen and oxygen atoms in total. The molecule has 29 heavy (non-hydrogen) atoms. The van der Waals surface area contributed by atoms with Crippen LogP contribution in [0.5, 0.6) is 0 Å². The minimum absolute atomic E-state index is 0.363. The Morgan fingerprint density at radius 2 is 1.90 bits per heavy atom. The van der Waals surface area contributed by atoms with E-state index in [-0.39, 0.29) is 5.97 Å². The van der Waals surface area contributed by atoms with Crippen LogP contribution < -0.4 is 10.4 Å². The van der Waals surface area contributed by atoms with Gasteiger partial charge in [0.05, 0.1) is 23.9 Å². The summed E-state index contributed by atoms with van der Waals surface area (Å²) in [5, 5.41) is 10.4. The molecule has 0 aliphatic carbocycles. The zero-order valence-corrected chi connectivity index (χ0v) is 18.9. The van der Waals surface area contributed by atoms with Gasteiger partial charge in [-0.25, -0.2) is 4.79 Å². The number of carbonyl (C=O) groups excluding carboxylic acids is 1. The van der Waals surface area contributed by atoms with Crippen molar-refractivity contribution in [3.8, 4) is 0 Å². The summed E-state index contributed by atoms with van der Waals surface area (Å²) in [5.41, 5.74) is 1.34. The van der Waals surface area contributed by atoms with Gasteiger partial charge in [-0.05, 0) is 66.0 Å². The monoisotopic (exact) mass is 404 g/mol. The van der Waals surface area contributed by atoms with Gasteiger partial charge in [0, 0.05) is 31.5 Å². The van der Waals surface area contributed by atoms with Crippen LogP contribution in [0.1, 0.15) is 63.4 Å². The van der Waals surface area contributed by atoms with Gasteiger partial charge >= 0.3 is 13.5 Å². The van der Waals surface area contributed by atoms with Crippen LogP contribution in [0.15, 0.2) is 12.1 Å². The SMILES string of the molecule is CCN(c1cc([B]OC(C)(C)C(C)(C)O)cc(C(=O)OC)c1C)C1CCOCC1. The van der Waals surface area contributed by atoms with Crippen molar-refractivity contribution in [2.75, 3.05) is 31.8 Å². The third-order valence-corrected chi connectivity index (χ3v) is 6.05. The lowest BCUT2D eigenvalue weighted by Gasteiger charge is -2.38. The van der Waals surface area contributed by atoms with Crippen molar-refractivity contribution in [3.05, 3.63) is 23.3 Å². The number of methoxy groups -OCH3 is 1. The van der Waals surface area contributed by atoms with E-state index >= 15 is 0 Å². The highest BCUT2D eigenvalue weighted by molar-refractivity contribution is 6.47. The van der Waals surface area contributed by atoms with Crippen molar-refractivity contribution in [3.63, 3.8) is 0 Å². The summed E-state index contributed by atoms with van der Waals surface area (Å²) in [6, 6.07) is 4.19. The van der Waals surface area contributed by atoms with Crippen molar-refractivity contribution >= 4 is 24.6 Å². The van der Waals surface area contributed by atoms with Crippen molar-refractivity contribution in [2.24, 2.45) is 0 Å². The van der Waals surface area contributed by atoms with Gasteiger partial charge in [0.25, 0.3) is 0 Å². The van der Waals surface area contributed by atoms with E-state index in [1.165, 1.54) is 7.11 Å². The van der Waals surface area contributed by atoms with E-state index in [0.29, 0.717) is 11.6 Å². The first-order valence-corrected chi connectivity index (χ1v) is 10.3. The van der Waals surface area contributed by atoms with Crippen LogP contribution in [-0.2, 0) is 14.1 Å². The van der Waals surface area contributed by atoms with Gasteiger partial charge in [-0.3, -0.25) is 0 Å². The van der Waals surface area contributed by atoms with E-state index in [9.17, 15) is 9.90 Å². The molecule has 1 fully saturated rings. The molecule has 1 radical (unpaired) electrons. The van der Waals surface area contributed by atoms with Crippen LogP contribution in [-0.4, -0.2) is 62.7 Å². The molecule has 0 aromatic heterocycles. The summed E-state index contributed by atoms with van der Waals surface area (Å²) in [6.45, 7) is 13.5. The maximum atomic E-state index is 12.4. The van der Waals surface area contributed by atoms with Crippen LogP contribution in [0.25, 0.3) is 0 Å². The van der Waals surface area contributed by atoms with E-state index in [0.717, 1.165) is 49.3 Å². The van der Waals surface area contributed by atoms with E-state index in [1.54, 1.807) is 27.4 Å². The molecule has 1 aromatic rings. The maximum absolute atomic E-state index is 12.4. The first-order chi connectivity index (χ1) is 13.5. The second kappa shape index (κ2) is 9.50. The Balaban J connectivity index is 2.41. The topological polar surface area (TPSA) is 68.2 Å². The fraction of sp³-hybridized carbons (Fsp3) is 0.682. The molecule has 0 saturated carbocycles. The Morgan fingerprint density at radius 1 is 1.28 bits per heavy atom. The number of ether oxygens (including phenoxy) is 2. The van der Waals surface area contributed by atoms with E-state index in [2.05, 4.69) is 11.8 Å². The van der Waals surface area contributed by atoms with E-state index in [4.69, 9.17) is 14.1 Å². The number of hydrogen-bond donors (Lipinski definition) is 1. The number of rotatable bonds is 8. The summed E-state index contributed by atoms with van der Waals surface area (Å²) in [6.07, 6.45) is 1.91. The smallest absolute Gasteiger partial charge is 0.338 e. The first kappa shape index (κ1) is 23.7. The molecular weight excluding hydrogens is 369 g/mol. The van der Waals surface area contributed by atoms with E-state index < -0.39 is 11.2 Å². The zero-order chi connectivity index (χ0) is 21.8. The molecule has 0 amide bonds. The quantitative estimate of drug-likeness (QED) is 0.531. The van der Waals surface area contributed by atoms with Crippen LogP contribution in [0.3, 0.4) is 0 Å². The van der Waals surface area contributed by atoms with Crippen molar-refractivity contribution in [1.82, 2.24) is 0 Å². The number of aliphatic hydroxyl groups is 1. The van der Waals surface area contributed by atoms with Crippen molar-refractivity contribution in [2.45, 2.75) is 71.6 Å². The minimum Gasteiger partial charge on any atom is -0.465 e. The molecule has 1 N–H and O–H groups in total. The molecular formula is C22H35BNO5. The van der Waals surface area contributed by atoms with Gasteiger partial charge < -0.3 is 24.1 Å². The van der Waals surface area contributed by atoms with Gasteiger partial charge in [0.15, 0.2) is 0 Å². The summed E-state index contributed by atoms with van der Waals surface area (Å²) < 4.78 is 16.5. The first-order valence-electron chi connectivity index (χ1n) is 10.3. The second-order valence-electron chi connectivity index (χ2n) is 8.64. The Bertz CT molecular complexity index is 708. The average molecular weight is 404 g/mol. The number of hydrogen-bond acceptors (Lipinski definition) is 6. The zero-order valence-electron chi connectivity index (χ0n) is 18.9. The molecule has 1 aromatic carbocycles. The van der Waals surface area contributed by atoms with Crippen molar-refractivity contribution < 1.29 is 24.0 Å². The van der Waals surface area contributed by atoms with E-state index in [1.807, 2.05) is 26.8 Å².